The Labute approximate surface area is 190 Å². The van der Waals surface area contributed by atoms with Crippen molar-refractivity contribution in [3.63, 3.8) is 0 Å². The first kappa shape index (κ1) is 22.6. The second kappa shape index (κ2) is 9.93. The summed E-state index contributed by atoms with van der Waals surface area (Å²) in [6.07, 6.45) is 0.156. The molecule has 1 fully saturated rings. The third kappa shape index (κ3) is 5.44. The van der Waals surface area contributed by atoms with Crippen LogP contribution in [0.3, 0.4) is 0 Å². The molecule has 3 aromatic rings. The fraction of sp³-hybridized carbons (Fsp3) is 0.292. The number of aromatic hydroxyl groups is 1. The quantitative estimate of drug-likeness (QED) is 0.564. The number of aromatic nitrogens is 2. The Hall–Kier alpha value is -3.56. The van der Waals surface area contributed by atoms with Crippen LogP contribution in [0.25, 0.3) is 0 Å². The summed E-state index contributed by atoms with van der Waals surface area (Å²) < 4.78 is 20.0. The molecule has 4 rings (SSSR count). The van der Waals surface area contributed by atoms with Crippen LogP contribution in [0.4, 0.5) is 4.39 Å². The van der Waals surface area contributed by atoms with Crippen LogP contribution in [0.1, 0.15) is 33.0 Å². The molecule has 0 saturated carbocycles. The van der Waals surface area contributed by atoms with E-state index in [-0.39, 0.29) is 24.6 Å². The lowest BCUT2D eigenvalue weighted by Gasteiger charge is -2.26. The number of primary amides is 1. The molecule has 0 aliphatic carbocycles. The van der Waals surface area contributed by atoms with E-state index in [0.717, 1.165) is 30.8 Å². The van der Waals surface area contributed by atoms with Crippen LogP contribution < -0.4 is 11.3 Å². The number of amides is 1. The number of rotatable bonds is 7. The van der Waals surface area contributed by atoms with E-state index in [1.807, 2.05) is 24.3 Å². The maximum atomic E-state index is 13.3. The van der Waals surface area contributed by atoms with Crippen LogP contribution in [0.2, 0.25) is 0 Å². The molecule has 33 heavy (non-hydrogen) atoms. The molecular formula is C24H25FN4O4. The van der Waals surface area contributed by atoms with Crippen molar-refractivity contribution in [2.45, 2.75) is 19.5 Å². The van der Waals surface area contributed by atoms with Gasteiger partial charge in [-0.15, -0.1) is 0 Å². The molecular weight excluding hydrogens is 427 g/mol. The summed E-state index contributed by atoms with van der Waals surface area (Å²) in [7, 11) is 0. The molecule has 1 aromatic heterocycles. The van der Waals surface area contributed by atoms with E-state index in [2.05, 4.69) is 9.88 Å². The Morgan fingerprint density at radius 3 is 2.39 bits per heavy atom. The third-order valence-corrected chi connectivity index (χ3v) is 5.58. The van der Waals surface area contributed by atoms with E-state index in [4.69, 9.17) is 10.5 Å². The maximum Gasteiger partial charge on any atom is 0.296 e. The molecule has 1 aliphatic heterocycles. The zero-order chi connectivity index (χ0) is 23.4. The predicted molar refractivity (Wildman–Crippen MR) is 120 cm³/mol. The summed E-state index contributed by atoms with van der Waals surface area (Å²) in [5.74, 6) is -1.92. The third-order valence-electron chi connectivity index (χ3n) is 5.58. The molecule has 0 atom stereocenters. The van der Waals surface area contributed by atoms with E-state index in [1.165, 1.54) is 16.7 Å². The fourth-order valence-corrected chi connectivity index (χ4v) is 3.87. The van der Waals surface area contributed by atoms with Gasteiger partial charge < -0.3 is 15.6 Å². The van der Waals surface area contributed by atoms with Crippen LogP contribution >= 0.6 is 0 Å². The zero-order valence-electron chi connectivity index (χ0n) is 18.0. The average molecular weight is 452 g/mol. The second-order valence-electron chi connectivity index (χ2n) is 7.99. The van der Waals surface area contributed by atoms with Gasteiger partial charge >= 0.3 is 0 Å². The Morgan fingerprint density at radius 1 is 1.06 bits per heavy atom. The lowest BCUT2D eigenvalue weighted by molar-refractivity contribution is 0.0342. The van der Waals surface area contributed by atoms with Crippen molar-refractivity contribution in [1.29, 1.82) is 0 Å². The number of morpholine rings is 1. The first-order valence-corrected chi connectivity index (χ1v) is 10.7. The molecule has 2 aromatic carbocycles. The van der Waals surface area contributed by atoms with Gasteiger partial charge in [-0.25, -0.2) is 9.37 Å². The molecule has 1 amide bonds. The van der Waals surface area contributed by atoms with Gasteiger partial charge in [0.1, 0.15) is 11.6 Å². The Balaban J connectivity index is 1.66. The van der Waals surface area contributed by atoms with Crippen molar-refractivity contribution in [2.24, 2.45) is 5.73 Å². The molecule has 1 aliphatic rings. The van der Waals surface area contributed by atoms with Crippen molar-refractivity contribution < 1.29 is 19.0 Å². The van der Waals surface area contributed by atoms with Gasteiger partial charge in [0.15, 0.2) is 5.69 Å². The smallest absolute Gasteiger partial charge is 0.296 e. The maximum absolute atomic E-state index is 13.3. The Kier molecular flexibility index (Phi) is 6.81. The first-order valence-electron chi connectivity index (χ1n) is 10.7. The fourth-order valence-electron chi connectivity index (χ4n) is 3.87. The number of nitrogens with two attached hydrogens (primary N) is 1. The highest BCUT2D eigenvalue weighted by Crippen LogP contribution is 2.16. The molecule has 2 heterocycles. The second-order valence-corrected chi connectivity index (χ2v) is 7.99. The molecule has 0 spiro atoms. The summed E-state index contributed by atoms with van der Waals surface area (Å²) in [5, 5.41) is 10.3. The van der Waals surface area contributed by atoms with Gasteiger partial charge in [0, 0.05) is 26.1 Å². The van der Waals surface area contributed by atoms with Gasteiger partial charge in [-0.3, -0.25) is 19.1 Å². The zero-order valence-corrected chi connectivity index (χ0v) is 18.0. The van der Waals surface area contributed by atoms with Gasteiger partial charge in [-0.1, -0.05) is 36.4 Å². The van der Waals surface area contributed by atoms with E-state index >= 15 is 0 Å². The lowest BCUT2D eigenvalue weighted by atomic mass is 10.1. The highest BCUT2D eigenvalue weighted by atomic mass is 19.1. The minimum absolute atomic E-state index is 0.145. The molecule has 8 nitrogen and oxygen atoms in total. The molecule has 9 heteroatoms. The molecule has 3 N–H and O–H groups in total. The van der Waals surface area contributed by atoms with Crippen LogP contribution in [0.5, 0.6) is 5.75 Å². The minimum atomic E-state index is -0.996. The number of carbonyl (C=O) groups excluding carboxylic acids is 1. The van der Waals surface area contributed by atoms with Gasteiger partial charge in [0.25, 0.3) is 11.5 Å². The van der Waals surface area contributed by atoms with E-state index in [9.17, 15) is 19.1 Å². The van der Waals surface area contributed by atoms with E-state index < -0.39 is 22.9 Å². The number of benzene rings is 2. The number of ether oxygens (including phenoxy) is 1. The summed E-state index contributed by atoms with van der Waals surface area (Å²) in [4.78, 5) is 31.1. The Morgan fingerprint density at radius 2 is 1.73 bits per heavy atom. The van der Waals surface area contributed by atoms with Crippen LogP contribution in [0.15, 0.2) is 53.3 Å². The van der Waals surface area contributed by atoms with Gasteiger partial charge in [-0.05, 0) is 28.8 Å². The predicted octanol–water partition coefficient (Wildman–Crippen LogP) is 1.66. The summed E-state index contributed by atoms with van der Waals surface area (Å²) >= 11 is 0. The molecule has 1 saturated heterocycles. The summed E-state index contributed by atoms with van der Waals surface area (Å²) in [6.45, 7) is 4.04. The SMILES string of the molecule is NC(=O)c1nc(Cc2ccc(F)cc2)n(Cc2cccc(CN3CCOCC3)c2)c(=O)c1O. The average Bonchev–Trinajstić information content (AvgIpc) is 2.81. The van der Waals surface area contributed by atoms with Gasteiger partial charge in [0.05, 0.1) is 19.8 Å². The number of nitrogens with zero attached hydrogens (tertiary/aromatic N) is 3. The Bertz CT molecular complexity index is 1200. The highest BCUT2D eigenvalue weighted by molar-refractivity contribution is 5.93. The van der Waals surface area contributed by atoms with Gasteiger partial charge in [-0.2, -0.15) is 0 Å². The summed E-state index contributed by atoms with van der Waals surface area (Å²) in [6, 6.07) is 13.6. The largest absolute Gasteiger partial charge is 0.501 e. The van der Waals surface area contributed by atoms with Crippen molar-refractivity contribution in [2.75, 3.05) is 26.3 Å². The lowest BCUT2D eigenvalue weighted by Crippen LogP contribution is -2.35. The van der Waals surface area contributed by atoms with E-state index in [0.29, 0.717) is 18.8 Å². The van der Waals surface area contributed by atoms with Gasteiger partial charge in [0.2, 0.25) is 5.75 Å². The first-order chi connectivity index (χ1) is 15.9. The van der Waals surface area contributed by atoms with Crippen LogP contribution in [-0.4, -0.2) is 51.8 Å². The number of hydrogen-bond acceptors (Lipinski definition) is 6. The standard InChI is InChI=1S/C24H25FN4O4/c25-19-6-4-16(5-7-19)13-20-27-21(23(26)31)22(30)24(32)29(20)15-18-3-1-2-17(12-18)14-28-8-10-33-11-9-28/h1-7,12,30H,8-11,13-15H2,(H2,26,31). The minimum Gasteiger partial charge on any atom is -0.501 e. The number of halogens is 1. The molecule has 0 bridgehead atoms. The number of carbonyl (C=O) groups is 1. The van der Waals surface area contributed by atoms with Crippen molar-refractivity contribution >= 4 is 5.91 Å². The van der Waals surface area contributed by atoms with Crippen molar-refractivity contribution in [3.8, 4) is 5.75 Å². The van der Waals surface area contributed by atoms with Crippen LogP contribution in [-0.2, 0) is 24.2 Å². The van der Waals surface area contributed by atoms with E-state index in [1.54, 1.807) is 12.1 Å². The monoisotopic (exact) mass is 452 g/mol. The van der Waals surface area contributed by atoms with Crippen LogP contribution in [0, 0.1) is 5.82 Å². The highest BCUT2D eigenvalue weighted by Gasteiger charge is 2.20. The summed E-state index contributed by atoms with van der Waals surface area (Å²) in [5.41, 5.74) is 6.70. The molecule has 0 unspecified atom stereocenters. The molecule has 0 radical (unpaired) electrons. The normalized spacial score (nSPS) is 14.3. The van der Waals surface area contributed by atoms with Crippen molar-refractivity contribution in [1.82, 2.24) is 14.5 Å². The molecule has 172 valence electrons. The van der Waals surface area contributed by atoms with Crippen molar-refractivity contribution in [3.05, 3.63) is 92.9 Å². The number of hydrogen-bond donors (Lipinski definition) is 2. The topological polar surface area (TPSA) is 111 Å².